The second-order valence-electron chi connectivity index (χ2n) is 10.3. The molecular weight excluding hydrogens is 552 g/mol. The van der Waals surface area contributed by atoms with Crippen LogP contribution < -0.4 is 10.6 Å². The highest BCUT2D eigenvalue weighted by molar-refractivity contribution is 6.31. The first-order chi connectivity index (χ1) is 17.8. The Labute approximate surface area is 226 Å². The number of likely N-dealkylation sites (tertiary alicyclic amines) is 1. The molecule has 0 radical (unpaired) electrons. The highest BCUT2D eigenvalue weighted by Crippen LogP contribution is 2.38. The van der Waals surface area contributed by atoms with Crippen LogP contribution in [0.4, 0.5) is 41.6 Å². The molecular formula is C26H28ClF6N3O3. The number of aryl methyl sites for hydroxylation is 1. The summed E-state index contributed by atoms with van der Waals surface area (Å²) in [7, 11) is 0. The molecule has 214 valence electrons. The lowest BCUT2D eigenvalue weighted by Crippen LogP contribution is -2.52. The van der Waals surface area contributed by atoms with E-state index in [1.807, 2.05) is 0 Å². The Bertz CT molecular complexity index is 1190. The number of nitrogens with zero attached hydrogens (tertiary/aromatic N) is 1. The van der Waals surface area contributed by atoms with Crippen molar-refractivity contribution in [3.05, 3.63) is 63.7 Å². The number of anilines is 1. The number of rotatable bonds is 3. The van der Waals surface area contributed by atoms with Crippen molar-refractivity contribution < 1.29 is 40.7 Å². The molecule has 1 fully saturated rings. The Morgan fingerprint density at radius 1 is 0.974 bits per heavy atom. The summed E-state index contributed by atoms with van der Waals surface area (Å²) in [6, 6.07) is 4.42. The Balaban J connectivity index is 1.85. The number of benzene rings is 2. The Hall–Kier alpha value is -3.15. The number of alkyl halides is 6. The predicted octanol–water partition coefficient (Wildman–Crippen LogP) is 7.60. The topological polar surface area (TPSA) is 70.7 Å². The molecule has 6 nitrogen and oxygen atoms in total. The zero-order chi connectivity index (χ0) is 29.3. The van der Waals surface area contributed by atoms with Crippen LogP contribution in [0.2, 0.25) is 5.02 Å². The number of carbonyl (C=O) groups excluding carboxylic acids is 2. The molecule has 13 heteroatoms. The molecule has 2 aromatic rings. The van der Waals surface area contributed by atoms with E-state index in [1.54, 1.807) is 45.9 Å². The second-order valence-corrected chi connectivity index (χ2v) is 10.7. The van der Waals surface area contributed by atoms with Crippen LogP contribution in [0, 0.1) is 6.92 Å². The lowest BCUT2D eigenvalue weighted by atomic mass is 9.85. The fourth-order valence-electron chi connectivity index (χ4n) is 4.22. The summed E-state index contributed by atoms with van der Waals surface area (Å²) in [6.45, 7) is 7.29. The van der Waals surface area contributed by atoms with Crippen LogP contribution in [-0.4, -0.2) is 41.8 Å². The van der Waals surface area contributed by atoms with E-state index in [9.17, 15) is 35.9 Å². The van der Waals surface area contributed by atoms with Crippen LogP contribution in [-0.2, 0) is 17.1 Å². The van der Waals surface area contributed by atoms with E-state index >= 15 is 0 Å². The number of hydrogen-bond acceptors (Lipinski definition) is 3. The first-order valence-corrected chi connectivity index (χ1v) is 12.3. The molecule has 1 aliphatic heterocycles. The monoisotopic (exact) mass is 579 g/mol. The molecule has 1 saturated heterocycles. The summed E-state index contributed by atoms with van der Waals surface area (Å²) < 4.78 is 84.7. The van der Waals surface area contributed by atoms with Gasteiger partial charge in [-0.2, -0.15) is 26.3 Å². The van der Waals surface area contributed by atoms with E-state index < -0.39 is 58.9 Å². The number of ether oxygens (including phenoxy) is 1. The number of hydrogen-bond donors (Lipinski definition) is 2. The minimum atomic E-state index is -5.06. The summed E-state index contributed by atoms with van der Waals surface area (Å²) in [5, 5.41) is 5.25. The van der Waals surface area contributed by atoms with E-state index in [4.69, 9.17) is 16.3 Å². The lowest BCUT2D eigenvalue weighted by molar-refractivity contribution is -0.143. The van der Waals surface area contributed by atoms with E-state index in [0.717, 1.165) is 11.1 Å². The maximum atomic E-state index is 13.2. The van der Waals surface area contributed by atoms with Crippen LogP contribution in [0.5, 0.6) is 0 Å². The van der Waals surface area contributed by atoms with Crippen molar-refractivity contribution in [3.63, 3.8) is 0 Å². The van der Waals surface area contributed by atoms with Gasteiger partial charge in [-0.15, -0.1) is 0 Å². The average molecular weight is 580 g/mol. The highest BCUT2D eigenvalue weighted by atomic mass is 35.5. The zero-order valence-corrected chi connectivity index (χ0v) is 22.3. The number of nitrogens with one attached hydrogen (secondary N) is 2. The summed E-state index contributed by atoms with van der Waals surface area (Å²) in [5.74, 6) is -0.472. The molecule has 2 aromatic carbocycles. The minimum Gasteiger partial charge on any atom is -0.444 e. The number of carbonyl (C=O) groups is 2. The summed E-state index contributed by atoms with van der Waals surface area (Å²) in [5.41, 5.74) is -3.02. The van der Waals surface area contributed by atoms with Gasteiger partial charge in [-0.3, -0.25) is 0 Å². The molecule has 0 aliphatic carbocycles. The Morgan fingerprint density at radius 3 is 2.08 bits per heavy atom. The number of halogens is 7. The standard InChI is InChI=1S/C26H28ClF6N3O3/c1-14-9-15(5-6-20(14)27)19-13-36(23(38)39-24(2,3)4)8-7-21(19)35-22(37)34-18-11-16(25(28,29)30)10-17(12-18)26(31,32)33/h5-6,9-12,19,21H,7-8,13H2,1-4H3,(H2,34,35,37)/t19-,21+/m0/s1. The maximum absolute atomic E-state index is 13.2. The third-order valence-electron chi connectivity index (χ3n) is 6.04. The van der Waals surface area contributed by atoms with Gasteiger partial charge in [0.15, 0.2) is 0 Å². The van der Waals surface area contributed by atoms with Crippen molar-refractivity contribution in [2.24, 2.45) is 0 Å². The molecule has 0 saturated carbocycles. The molecule has 3 amide bonds. The van der Waals surface area contributed by atoms with Gasteiger partial charge in [-0.05, 0) is 69.5 Å². The molecule has 2 atom stereocenters. The van der Waals surface area contributed by atoms with Crippen molar-refractivity contribution in [1.82, 2.24) is 10.2 Å². The molecule has 1 heterocycles. The lowest BCUT2D eigenvalue weighted by Gasteiger charge is -2.39. The first kappa shape index (κ1) is 30.4. The second kappa shape index (κ2) is 11.1. The van der Waals surface area contributed by atoms with Gasteiger partial charge in [0.2, 0.25) is 0 Å². The van der Waals surface area contributed by atoms with Crippen molar-refractivity contribution in [3.8, 4) is 0 Å². The first-order valence-electron chi connectivity index (χ1n) is 11.9. The quantitative estimate of drug-likeness (QED) is 0.368. The molecule has 0 bridgehead atoms. The largest absolute Gasteiger partial charge is 0.444 e. The minimum absolute atomic E-state index is 0.0195. The predicted molar refractivity (Wildman–Crippen MR) is 134 cm³/mol. The average Bonchev–Trinajstić information content (AvgIpc) is 2.78. The third-order valence-corrected chi connectivity index (χ3v) is 6.46. The third kappa shape index (κ3) is 8.17. The SMILES string of the molecule is Cc1cc([C@@H]2CN(C(=O)OC(C)(C)C)CC[C@H]2NC(=O)Nc2cc(C(F)(F)F)cc(C(F)(F)F)c2)ccc1Cl. The number of piperidine rings is 1. The molecule has 2 N–H and O–H groups in total. The number of urea groups is 1. The van der Waals surface area contributed by atoms with Crippen LogP contribution >= 0.6 is 11.6 Å². The van der Waals surface area contributed by atoms with Crippen LogP contribution in [0.25, 0.3) is 0 Å². The van der Waals surface area contributed by atoms with Gasteiger partial charge in [0, 0.05) is 35.8 Å². The molecule has 0 aromatic heterocycles. The van der Waals surface area contributed by atoms with E-state index in [0.29, 0.717) is 17.2 Å². The van der Waals surface area contributed by atoms with Crippen molar-refractivity contribution >= 4 is 29.4 Å². The summed E-state index contributed by atoms with van der Waals surface area (Å²) in [6.07, 6.45) is -10.4. The summed E-state index contributed by atoms with van der Waals surface area (Å²) >= 11 is 6.15. The molecule has 0 spiro atoms. The van der Waals surface area contributed by atoms with Crippen LogP contribution in [0.3, 0.4) is 0 Å². The van der Waals surface area contributed by atoms with Crippen molar-refractivity contribution in [2.75, 3.05) is 18.4 Å². The maximum Gasteiger partial charge on any atom is 0.416 e. The summed E-state index contributed by atoms with van der Waals surface area (Å²) in [4.78, 5) is 27.0. The normalized spacial score (nSPS) is 18.5. The van der Waals surface area contributed by atoms with Gasteiger partial charge in [0.25, 0.3) is 0 Å². The van der Waals surface area contributed by atoms with Crippen LogP contribution in [0.15, 0.2) is 36.4 Å². The van der Waals surface area contributed by atoms with Gasteiger partial charge in [-0.1, -0.05) is 23.7 Å². The van der Waals surface area contributed by atoms with Crippen molar-refractivity contribution in [1.29, 1.82) is 0 Å². The smallest absolute Gasteiger partial charge is 0.416 e. The Morgan fingerprint density at radius 2 is 1.56 bits per heavy atom. The van der Waals surface area contributed by atoms with E-state index in [1.165, 1.54) is 4.90 Å². The van der Waals surface area contributed by atoms with Crippen molar-refractivity contribution in [2.45, 2.75) is 64.0 Å². The fourth-order valence-corrected chi connectivity index (χ4v) is 4.33. The van der Waals surface area contributed by atoms with Crippen LogP contribution in [0.1, 0.15) is 55.4 Å². The van der Waals surface area contributed by atoms with E-state index in [-0.39, 0.29) is 25.6 Å². The van der Waals surface area contributed by atoms with Gasteiger partial charge in [0.05, 0.1) is 11.1 Å². The van der Waals surface area contributed by atoms with Gasteiger partial charge < -0.3 is 20.3 Å². The molecule has 1 aliphatic rings. The zero-order valence-electron chi connectivity index (χ0n) is 21.6. The number of amides is 3. The fraction of sp³-hybridized carbons (Fsp3) is 0.462. The van der Waals surface area contributed by atoms with Gasteiger partial charge in [-0.25, -0.2) is 9.59 Å². The molecule has 0 unspecified atom stereocenters. The van der Waals surface area contributed by atoms with Gasteiger partial charge in [0.1, 0.15) is 5.60 Å². The Kier molecular flexibility index (Phi) is 8.69. The molecule has 3 rings (SSSR count). The van der Waals surface area contributed by atoms with Gasteiger partial charge >= 0.3 is 24.5 Å². The molecule has 39 heavy (non-hydrogen) atoms. The van der Waals surface area contributed by atoms with E-state index in [2.05, 4.69) is 10.6 Å². The highest BCUT2D eigenvalue weighted by Gasteiger charge is 2.38.